The summed E-state index contributed by atoms with van der Waals surface area (Å²) in [5, 5.41) is 1.18. The largest absolute Gasteiger partial charge is 0.271 e. The molecule has 1 aromatic carbocycles. The van der Waals surface area contributed by atoms with Gasteiger partial charge in [-0.15, -0.1) is 0 Å². The van der Waals surface area contributed by atoms with Crippen LogP contribution in [0.15, 0.2) is 36.5 Å². The van der Waals surface area contributed by atoms with Crippen molar-refractivity contribution in [3.8, 4) is 0 Å². The monoisotopic (exact) mass is 283 g/mol. The van der Waals surface area contributed by atoms with Gasteiger partial charge in [0.15, 0.2) is 0 Å². The van der Waals surface area contributed by atoms with Crippen molar-refractivity contribution >= 4 is 10.9 Å². The standard InChI is InChI=1S/C18H25N3/c1-18(2)9-7-14(8-10-18)17(21-19)15-6-5-13-4-3-11-20-16(13)12-15/h3-6,11-12,14,17,21H,7-10,19H2,1-2H3. The molecular formula is C18H25N3. The third kappa shape index (κ3) is 3.09. The van der Waals surface area contributed by atoms with Crippen LogP contribution in [0.4, 0.5) is 0 Å². The zero-order valence-electron chi connectivity index (χ0n) is 13.0. The molecular weight excluding hydrogens is 258 g/mol. The van der Waals surface area contributed by atoms with Gasteiger partial charge < -0.3 is 0 Å². The lowest BCUT2D eigenvalue weighted by Crippen LogP contribution is -2.36. The van der Waals surface area contributed by atoms with E-state index in [2.05, 4.69) is 48.5 Å². The Morgan fingerprint density at radius 1 is 1.24 bits per heavy atom. The van der Waals surface area contributed by atoms with Crippen LogP contribution in [0.2, 0.25) is 0 Å². The molecule has 3 nitrogen and oxygen atoms in total. The minimum absolute atomic E-state index is 0.229. The van der Waals surface area contributed by atoms with E-state index >= 15 is 0 Å². The van der Waals surface area contributed by atoms with Gasteiger partial charge in [0.05, 0.1) is 5.52 Å². The average Bonchev–Trinajstić information content (AvgIpc) is 2.49. The molecule has 1 fully saturated rings. The van der Waals surface area contributed by atoms with Crippen LogP contribution < -0.4 is 11.3 Å². The minimum Gasteiger partial charge on any atom is -0.271 e. The van der Waals surface area contributed by atoms with Gasteiger partial charge in [-0.1, -0.05) is 32.0 Å². The Balaban J connectivity index is 1.84. The third-order valence-corrected chi connectivity index (χ3v) is 5.02. The maximum Gasteiger partial charge on any atom is 0.0705 e. The summed E-state index contributed by atoms with van der Waals surface area (Å²) in [4.78, 5) is 4.46. The van der Waals surface area contributed by atoms with Crippen molar-refractivity contribution in [2.75, 3.05) is 0 Å². The number of pyridine rings is 1. The summed E-state index contributed by atoms with van der Waals surface area (Å²) in [5.41, 5.74) is 5.84. The molecule has 3 N–H and O–H groups in total. The molecule has 0 amide bonds. The first-order valence-corrected chi connectivity index (χ1v) is 7.90. The number of fused-ring (bicyclic) bond motifs is 1. The second-order valence-corrected chi connectivity index (χ2v) is 7.10. The van der Waals surface area contributed by atoms with Crippen molar-refractivity contribution in [1.82, 2.24) is 10.4 Å². The molecule has 1 aliphatic carbocycles. The van der Waals surface area contributed by atoms with Gasteiger partial charge in [0, 0.05) is 17.6 Å². The maximum atomic E-state index is 5.88. The number of nitrogens with zero attached hydrogens (tertiary/aromatic N) is 1. The van der Waals surface area contributed by atoms with Crippen LogP contribution in [0.25, 0.3) is 10.9 Å². The third-order valence-electron chi connectivity index (χ3n) is 5.02. The highest BCUT2D eigenvalue weighted by atomic mass is 15.2. The van der Waals surface area contributed by atoms with E-state index in [-0.39, 0.29) is 6.04 Å². The summed E-state index contributed by atoms with van der Waals surface area (Å²) in [7, 11) is 0. The van der Waals surface area contributed by atoms with E-state index < -0.39 is 0 Å². The molecule has 0 spiro atoms. The maximum absolute atomic E-state index is 5.88. The molecule has 0 radical (unpaired) electrons. The highest BCUT2D eigenvalue weighted by Crippen LogP contribution is 2.42. The van der Waals surface area contributed by atoms with Crippen molar-refractivity contribution in [3.05, 3.63) is 42.1 Å². The van der Waals surface area contributed by atoms with Gasteiger partial charge in [0.1, 0.15) is 0 Å². The predicted octanol–water partition coefficient (Wildman–Crippen LogP) is 3.96. The molecule has 3 heteroatoms. The summed E-state index contributed by atoms with van der Waals surface area (Å²) in [6.45, 7) is 4.74. The van der Waals surface area contributed by atoms with Crippen molar-refractivity contribution in [2.45, 2.75) is 45.6 Å². The molecule has 0 saturated heterocycles. The number of benzene rings is 1. The first-order chi connectivity index (χ1) is 10.1. The Bertz CT molecular complexity index is 611. The topological polar surface area (TPSA) is 50.9 Å². The number of nitrogens with two attached hydrogens (primary N) is 1. The Morgan fingerprint density at radius 2 is 2.00 bits per heavy atom. The Hall–Kier alpha value is -1.45. The predicted molar refractivity (Wildman–Crippen MR) is 87.5 cm³/mol. The quantitative estimate of drug-likeness (QED) is 0.662. The Morgan fingerprint density at radius 3 is 2.71 bits per heavy atom. The van der Waals surface area contributed by atoms with E-state index in [1.165, 1.54) is 36.6 Å². The molecule has 1 aromatic heterocycles. The summed E-state index contributed by atoms with van der Waals surface area (Å²) < 4.78 is 0. The van der Waals surface area contributed by atoms with Gasteiger partial charge in [0.25, 0.3) is 0 Å². The molecule has 0 aliphatic heterocycles. The number of hydrogen-bond donors (Lipinski definition) is 2. The summed E-state index contributed by atoms with van der Waals surface area (Å²) in [6, 6.07) is 10.8. The summed E-state index contributed by atoms with van der Waals surface area (Å²) in [5.74, 6) is 6.49. The zero-order valence-corrected chi connectivity index (χ0v) is 13.0. The van der Waals surface area contributed by atoms with Crippen LogP contribution in [0.1, 0.15) is 51.1 Å². The number of aromatic nitrogens is 1. The number of hydrogen-bond acceptors (Lipinski definition) is 3. The molecule has 1 heterocycles. The van der Waals surface area contributed by atoms with E-state index in [1.807, 2.05) is 12.3 Å². The molecule has 1 unspecified atom stereocenters. The second kappa shape index (κ2) is 5.74. The van der Waals surface area contributed by atoms with Gasteiger partial charge >= 0.3 is 0 Å². The van der Waals surface area contributed by atoms with Crippen molar-refractivity contribution in [3.63, 3.8) is 0 Å². The minimum atomic E-state index is 0.229. The van der Waals surface area contributed by atoms with E-state index in [0.717, 1.165) is 5.52 Å². The van der Waals surface area contributed by atoms with Crippen LogP contribution in [0.3, 0.4) is 0 Å². The highest BCUT2D eigenvalue weighted by molar-refractivity contribution is 5.79. The van der Waals surface area contributed by atoms with Gasteiger partial charge in [-0.2, -0.15) is 0 Å². The summed E-state index contributed by atoms with van der Waals surface area (Å²) >= 11 is 0. The Labute approximate surface area is 126 Å². The summed E-state index contributed by atoms with van der Waals surface area (Å²) in [6.07, 6.45) is 6.88. The fraction of sp³-hybridized carbons (Fsp3) is 0.500. The van der Waals surface area contributed by atoms with Crippen LogP contribution in [0.5, 0.6) is 0 Å². The molecule has 1 saturated carbocycles. The van der Waals surface area contributed by atoms with Crippen molar-refractivity contribution < 1.29 is 0 Å². The van der Waals surface area contributed by atoms with Crippen LogP contribution in [0, 0.1) is 11.3 Å². The van der Waals surface area contributed by atoms with E-state index in [9.17, 15) is 0 Å². The number of hydrazine groups is 1. The lowest BCUT2D eigenvalue weighted by atomic mass is 9.70. The lowest BCUT2D eigenvalue weighted by Gasteiger charge is -2.38. The first kappa shape index (κ1) is 14.5. The van der Waals surface area contributed by atoms with E-state index in [4.69, 9.17) is 5.84 Å². The molecule has 21 heavy (non-hydrogen) atoms. The second-order valence-electron chi connectivity index (χ2n) is 7.10. The van der Waals surface area contributed by atoms with E-state index in [1.54, 1.807) is 0 Å². The molecule has 0 bridgehead atoms. The number of rotatable bonds is 3. The normalized spacial score (nSPS) is 20.5. The van der Waals surface area contributed by atoms with Crippen molar-refractivity contribution in [1.29, 1.82) is 0 Å². The molecule has 1 aliphatic rings. The van der Waals surface area contributed by atoms with Crippen LogP contribution in [-0.2, 0) is 0 Å². The fourth-order valence-corrected chi connectivity index (χ4v) is 3.54. The smallest absolute Gasteiger partial charge is 0.0705 e. The SMILES string of the molecule is CC1(C)CCC(C(NN)c2ccc3cccnc3c2)CC1. The van der Waals surface area contributed by atoms with Gasteiger partial charge in [-0.3, -0.25) is 16.3 Å². The van der Waals surface area contributed by atoms with Crippen LogP contribution >= 0.6 is 0 Å². The average molecular weight is 283 g/mol. The zero-order chi connectivity index (χ0) is 14.9. The molecule has 1 atom stereocenters. The fourth-order valence-electron chi connectivity index (χ4n) is 3.54. The highest BCUT2D eigenvalue weighted by Gasteiger charge is 2.31. The van der Waals surface area contributed by atoms with E-state index in [0.29, 0.717) is 11.3 Å². The Kier molecular flexibility index (Phi) is 3.96. The van der Waals surface area contributed by atoms with Gasteiger partial charge in [-0.05, 0) is 54.7 Å². The first-order valence-electron chi connectivity index (χ1n) is 7.90. The molecule has 2 aromatic rings. The number of nitrogens with one attached hydrogen (secondary N) is 1. The van der Waals surface area contributed by atoms with Crippen molar-refractivity contribution in [2.24, 2.45) is 17.2 Å². The molecule has 112 valence electrons. The van der Waals surface area contributed by atoms with Gasteiger partial charge in [-0.25, -0.2) is 0 Å². The van der Waals surface area contributed by atoms with Crippen LogP contribution in [-0.4, -0.2) is 4.98 Å². The van der Waals surface area contributed by atoms with Gasteiger partial charge in [0.2, 0.25) is 0 Å². The lowest BCUT2D eigenvalue weighted by molar-refractivity contribution is 0.161. The molecule has 3 rings (SSSR count).